The molecule has 5 heteroatoms. The van der Waals surface area contributed by atoms with Gasteiger partial charge in [0.15, 0.2) is 0 Å². The van der Waals surface area contributed by atoms with Gasteiger partial charge in [0, 0.05) is 18.9 Å². The molecule has 0 bridgehead atoms. The van der Waals surface area contributed by atoms with Crippen molar-refractivity contribution in [3.8, 4) is 0 Å². The SMILES string of the molecule is O=C(O)CS.c1ccc2c(c1)CCNC2.c1ccncc1. The number of aromatic nitrogens is 1. The summed E-state index contributed by atoms with van der Waals surface area (Å²) in [7, 11) is 0. The van der Waals surface area contributed by atoms with Gasteiger partial charge < -0.3 is 10.4 Å². The van der Waals surface area contributed by atoms with E-state index in [0.29, 0.717) is 0 Å². The lowest BCUT2D eigenvalue weighted by Crippen LogP contribution is -2.23. The predicted molar refractivity (Wildman–Crippen MR) is 87.6 cm³/mol. The van der Waals surface area contributed by atoms with Crippen LogP contribution in [0.5, 0.6) is 0 Å². The third-order valence-corrected chi connectivity index (χ3v) is 2.98. The zero-order chi connectivity index (χ0) is 15.3. The number of carboxylic acids is 1. The van der Waals surface area contributed by atoms with E-state index in [4.69, 9.17) is 5.11 Å². The van der Waals surface area contributed by atoms with Crippen LogP contribution in [0, 0.1) is 0 Å². The van der Waals surface area contributed by atoms with E-state index in [1.54, 1.807) is 12.4 Å². The number of aliphatic carboxylic acids is 1. The van der Waals surface area contributed by atoms with Gasteiger partial charge in [-0.3, -0.25) is 9.78 Å². The van der Waals surface area contributed by atoms with Crippen molar-refractivity contribution in [1.82, 2.24) is 10.3 Å². The van der Waals surface area contributed by atoms with Gasteiger partial charge in [0.25, 0.3) is 0 Å². The quantitative estimate of drug-likeness (QED) is 0.708. The van der Waals surface area contributed by atoms with Crippen LogP contribution < -0.4 is 5.32 Å². The molecule has 2 N–H and O–H groups in total. The first kappa shape index (κ1) is 17.2. The Balaban J connectivity index is 0.000000173. The van der Waals surface area contributed by atoms with Crippen molar-refractivity contribution < 1.29 is 9.90 Å². The molecule has 0 amide bonds. The molecule has 1 aromatic carbocycles. The van der Waals surface area contributed by atoms with Gasteiger partial charge in [-0.2, -0.15) is 12.6 Å². The third kappa shape index (κ3) is 8.12. The van der Waals surface area contributed by atoms with Crippen LogP contribution in [0.3, 0.4) is 0 Å². The summed E-state index contributed by atoms with van der Waals surface area (Å²) in [5, 5.41) is 11.0. The number of benzene rings is 1. The summed E-state index contributed by atoms with van der Waals surface area (Å²) >= 11 is 3.42. The van der Waals surface area contributed by atoms with E-state index in [2.05, 4.69) is 47.2 Å². The van der Waals surface area contributed by atoms with Crippen LogP contribution in [0.1, 0.15) is 11.1 Å². The lowest BCUT2D eigenvalue weighted by molar-refractivity contribution is -0.133. The highest BCUT2D eigenvalue weighted by Gasteiger charge is 2.05. The number of hydrogen-bond donors (Lipinski definition) is 3. The highest BCUT2D eigenvalue weighted by Crippen LogP contribution is 2.11. The summed E-state index contributed by atoms with van der Waals surface area (Å²) in [6.45, 7) is 2.19. The minimum absolute atomic E-state index is 0.0833. The highest BCUT2D eigenvalue weighted by atomic mass is 32.1. The van der Waals surface area contributed by atoms with Crippen molar-refractivity contribution in [2.45, 2.75) is 13.0 Å². The van der Waals surface area contributed by atoms with Gasteiger partial charge in [-0.05, 0) is 36.2 Å². The van der Waals surface area contributed by atoms with Gasteiger partial charge in [-0.1, -0.05) is 30.3 Å². The molecule has 2 heterocycles. The number of rotatable bonds is 1. The number of fused-ring (bicyclic) bond motifs is 1. The molecule has 0 saturated carbocycles. The Bertz CT molecular complexity index is 469. The van der Waals surface area contributed by atoms with E-state index in [0.717, 1.165) is 13.1 Å². The summed E-state index contributed by atoms with van der Waals surface area (Å²) in [6.07, 6.45) is 4.69. The van der Waals surface area contributed by atoms with Crippen molar-refractivity contribution in [2.75, 3.05) is 12.3 Å². The number of carbonyl (C=O) groups is 1. The molecule has 2 aromatic rings. The molecule has 112 valence electrons. The van der Waals surface area contributed by atoms with Crippen molar-refractivity contribution in [2.24, 2.45) is 0 Å². The number of hydrogen-bond acceptors (Lipinski definition) is 4. The second kappa shape index (κ2) is 10.9. The van der Waals surface area contributed by atoms with Crippen LogP contribution >= 0.6 is 12.6 Å². The van der Waals surface area contributed by atoms with E-state index >= 15 is 0 Å². The maximum absolute atomic E-state index is 9.29. The van der Waals surface area contributed by atoms with Gasteiger partial charge in [0.05, 0.1) is 5.75 Å². The molecule has 0 aliphatic carbocycles. The van der Waals surface area contributed by atoms with Crippen LogP contribution in [0.25, 0.3) is 0 Å². The monoisotopic (exact) mass is 304 g/mol. The summed E-state index contributed by atoms with van der Waals surface area (Å²) in [5.41, 5.74) is 2.98. The average Bonchev–Trinajstić information content (AvgIpc) is 2.57. The average molecular weight is 304 g/mol. The molecule has 1 aliphatic heterocycles. The van der Waals surface area contributed by atoms with E-state index in [1.165, 1.54) is 17.5 Å². The lowest BCUT2D eigenvalue weighted by atomic mass is 10.0. The fourth-order valence-electron chi connectivity index (χ4n) is 1.73. The zero-order valence-electron chi connectivity index (χ0n) is 11.8. The lowest BCUT2D eigenvalue weighted by Gasteiger charge is -2.15. The second-order valence-corrected chi connectivity index (χ2v) is 4.59. The Morgan fingerprint density at radius 3 is 2.19 bits per heavy atom. The predicted octanol–water partition coefficient (Wildman–Crippen LogP) is 2.41. The maximum Gasteiger partial charge on any atom is 0.313 e. The first-order chi connectivity index (χ1) is 10.2. The molecule has 0 atom stereocenters. The molecule has 0 spiro atoms. The first-order valence-corrected chi connectivity index (χ1v) is 7.32. The Kier molecular flexibility index (Phi) is 8.91. The van der Waals surface area contributed by atoms with Crippen molar-refractivity contribution in [1.29, 1.82) is 0 Å². The van der Waals surface area contributed by atoms with Gasteiger partial charge >= 0.3 is 5.97 Å². The summed E-state index contributed by atoms with van der Waals surface area (Å²) in [5.74, 6) is -0.965. The van der Waals surface area contributed by atoms with Gasteiger partial charge in [0.1, 0.15) is 0 Å². The van der Waals surface area contributed by atoms with Crippen molar-refractivity contribution >= 4 is 18.6 Å². The zero-order valence-corrected chi connectivity index (χ0v) is 12.7. The molecular formula is C16H20N2O2S. The molecule has 21 heavy (non-hydrogen) atoms. The van der Waals surface area contributed by atoms with Crippen LogP contribution in [0.2, 0.25) is 0 Å². The van der Waals surface area contributed by atoms with Crippen LogP contribution in [0.15, 0.2) is 54.9 Å². The minimum Gasteiger partial charge on any atom is -0.481 e. The Morgan fingerprint density at radius 2 is 1.76 bits per heavy atom. The van der Waals surface area contributed by atoms with E-state index in [9.17, 15) is 4.79 Å². The van der Waals surface area contributed by atoms with Gasteiger partial charge in [0.2, 0.25) is 0 Å². The third-order valence-electron chi connectivity index (χ3n) is 2.71. The number of carboxylic acid groups (broad SMARTS) is 1. The van der Waals surface area contributed by atoms with Crippen molar-refractivity contribution in [3.63, 3.8) is 0 Å². The molecule has 0 saturated heterocycles. The number of pyridine rings is 1. The topological polar surface area (TPSA) is 62.2 Å². The van der Waals surface area contributed by atoms with Crippen LogP contribution in [-0.4, -0.2) is 28.4 Å². The molecular weight excluding hydrogens is 284 g/mol. The first-order valence-electron chi connectivity index (χ1n) is 6.69. The second-order valence-electron chi connectivity index (χ2n) is 4.27. The largest absolute Gasteiger partial charge is 0.481 e. The molecule has 0 radical (unpaired) electrons. The smallest absolute Gasteiger partial charge is 0.313 e. The highest BCUT2D eigenvalue weighted by molar-refractivity contribution is 7.81. The Labute approximate surface area is 130 Å². The molecule has 0 fully saturated rings. The maximum atomic E-state index is 9.29. The van der Waals surface area contributed by atoms with E-state index < -0.39 is 5.97 Å². The van der Waals surface area contributed by atoms with Gasteiger partial charge in [-0.15, -0.1) is 0 Å². The molecule has 1 aliphatic rings. The number of nitrogens with one attached hydrogen (secondary N) is 1. The Hall–Kier alpha value is -1.85. The van der Waals surface area contributed by atoms with Crippen molar-refractivity contribution in [3.05, 3.63) is 66.0 Å². The van der Waals surface area contributed by atoms with Crippen LogP contribution in [0.4, 0.5) is 0 Å². The van der Waals surface area contributed by atoms with Crippen LogP contribution in [-0.2, 0) is 17.8 Å². The Morgan fingerprint density at radius 1 is 1.14 bits per heavy atom. The summed E-state index contributed by atoms with van der Waals surface area (Å²) < 4.78 is 0. The summed E-state index contributed by atoms with van der Waals surface area (Å²) in [4.78, 5) is 13.1. The molecule has 4 nitrogen and oxygen atoms in total. The fraction of sp³-hybridized carbons (Fsp3) is 0.250. The van der Waals surface area contributed by atoms with Gasteiger partial charge in [-0.25, -0.2) is 0 Å². The molecule has 3 rings (SSSR count). The van der Waals surface area contributed by atoms with E-state index in [-0.39, 0.29) is 5.75 Å². The standard InChI is InChI=1S/C9H11N.C5H5N.C2H4O2S/c1-2-4-9-7-10-6-5-8(9)3-1;1-2-4-6-5-3-1;3-2(4)1-5/h1-4,10H,5-7H2;1-5H;5H,1H2,(H,3,4). The number of thiol groups is 1. The normalized spacial score (nSPS) is 11.9. The molecule has 0 unspecified atom stereocenters. The fourth-order valence-corrected chi connectivity index (χ4v) is 1.73. The molecule has 1 aromatic heterocycles. The van der Waals surface area contributed by atoms with E-state index in [1.807, 2.05) is 18.2 Å². The minimum atomic E-state index is -0.881. The summed E-state index contributed by atoms with van der Waals surface area (Å²) in [6, 6.07) is 14.3. The number of nitrogens with zero attached hydrogens (tertiary/aromatic N) is 1.